The van der Waals surface area contributed by atoms with Crippen LogP contribution in [0.4, 0.5) is 5.69 Å². The van der Waals surface area contributed by atoms with Crippen LogP contribution in [-0.4, -0.2) is 16.8 Å². The summed E-state index contributed by atoms with van der Waals surface area (Å²) in [5.41, 5.74) is 2.29. The Balaban J connectivity index is 2.08. The molecule has 0 spiro atoms. The molecule has 0 saturated carbocycles. The van der Waals surface area contributed by atoms with E-state index in [1.54, 1.807) is 32.0 Å². The van der Waals surface area contributed by atoms with Crippen LogP contribution in [0.5, 0.6) is 0 Å². The number of anilines is 1. The van der Waals surface area contributed by atoms with E-state index in [-0.39, 0.29) is 6.54 Å². The maximum atomic E-state index is 12.1. The molecule has 0 atom stereocenters. The number of hydrogen-bond donors (Lipinski definition) is 0. The molecular weight excluding hydrogens is 280 g/mol. The highest BCUT2D eigenvalue weighted by atomic mass is 35.5. The molecule has 0 aliphatic carbocycles. The molecule has 2 heterocycles. The van der Waals surface area contributed by atoms with Crippen molar-refractivity contribution in [2.24, 2.45) is 0 Å². The van der Waals surface area contributed by atoms with Gasteiger partial charge in [-0.15, -0.1) is 0 Å². The van der Waals surface area contributed by atoms with Crippen molar-refractivity contribution in [1.82, 2.24) is 5.16 Å². The molecule has 6 heteroatoms. The molecule has 1 aliphatic heterocycles. The van der Waals surface area contributed by atoms with E-state index in [1.807, 2.05) is 0 Å². The minimum atomic E-state index is -0.576. The smallest absolute Gasteiger partial charge is 0.299 e. The highest BCUT2D eigenvalue weighted by Crippen LogP contribution is 2.37. The van der Waals surface area contributed by atoms with Crippen molar-refractivity contribution in [3.05, 3.63) is 45.8 Å². The van der Waals surface area contributed by atoms with Gasteiger partial charge in [-0.2, -0.15) is 0 Å². The first-order valence-electron chi connectivity index (χ1n) is 6.07. The highest BCUT2D eigenvalue weighted by molar-refractivity contribution is 6.54. The van der Waals surface area contributed by atoms with Gasteiger partial charge in [-0.1, -0.05) is 22.8 Å². The van der Waals surface area contributed by atoms with Crippen LogP contribution in [0.15, 0.2) is 22.7 Å². The number of carbonyl (C=O) groups is 2. The van der Waals surface area contributed by atoms with Crippen LogP contribution in [-0.2, 0) is 11.3 Å². The molecule has 3 rings (SSSR count). The second-order valence-corrected chi connectivity index (χ2v) is 5.07. The number of benzene rings is 1. The van der Waals surface area contributed by atoms with Gasteiger partial charge in [0.2, 0.25) is 0 Å². The average molecular weight is 291 g/mol. The summed E-state index contributed by atoms with van der Waals surface area (Å²) in [6.45, 7) is 3.79. The second-order valence-electron chi connectivity index (χ2n) is 4.66. The number of rotatable bonds is 2. The van der Waals surface area contributed by atoms with Crippen molar-refractivity contribution in [3.63, 3.8) is 0 Å². The number of halogens is 1. The molecule has 1 aromatic heterocycles. The molecule has 5 nitrogen and oxygen atoms in total. The number of Topliss-reactive ketones (excluding diaryl/α,β-unsaturated/α-hetero) is 1. The molecule has 0 N–H and O–H groups in total. The summed E-state index contributed by atoms with van der Waals surface area (Å²) in [5, 5.41) is 4.23. The Morgan fingerprint density at radius 3 is 2.70 bits per heavy atom. The molecule has 102 valence electrons. The zero-order chi connectivity index (χ0) is 14.4. The van der Waals surface area contributed by atoms with Crippen molar-refractivity contribution in [2.45, 2.75) is 20.4 Å². The zero-order valence-electron chi connectivity index (χ0n) is 10.9. The van der Waals surface area contributed by atoms with Crippen LogP contribution in [0.25, 0.3) is 0 Å². The van der Waals surface area contributed by atoms with Gasteiger partial charge in [0.05, 0.1) is 28.5 Å². The number of aromatic nitrogens is 1. The van der Waals surface area contributed by atoms with E-state index in [0.717, 1.165) is 5.56 Å². The van der Waals surface area contributed by atoms with Crippen LogP contribution in [0.3, 0.4) is 0 Å². The van der Waals surface area contributed by atoms with Crippen molar-refractivity contribution in [2.75, 3.05) is 4.90 Å². The lowest BCUT2D eigenvalue weighted by molar-refractivity contribution is -0.114. The molecule has 1 amide bonds. The fourth-order valence-electron chi connectivity index (χ4n) is 2.35. The summed E-state index contributed by atoms with van der Waals surface area (Å²) in [6, 6.07) is 4.92. The number of carbonyl (C=O) groups excluding carboxylic acids is 2. The van der Waals surface area contributed by atoms with Gasteiger partial charge in [-0.05, 0) is 26.0 Å². The van der Waals surface area contributed by atoms with Gasteiger partial charge in [0.15, 0.2) is 0 Å². The maximum absolute atomic E-state index is 12.1. The standard InChI is InChI=1S/C14H11ClN2O3/c1-7-10(8(2)20-16-7)6-17-12-9(13(18)14(17)19)4-3-5-11(12)15/h3-5H,6H2,1-2H3. The number of amides is 1. The summed E-state index contributed by atoms with van der Waals surface area (Å²) in [5.74, 6) is -0.481. The maximum Gasteiger partial charge on any atom is 0.299 e. The predicted molar refractivity (Wildman–Crippen MR) is 72.9 cm³/mol. The van der Waals surface area contributed by atoms with E-state index < -0.39 is 11.7 Å². The van der Waals surface area contributed by atoms with Crippen molar-refractivity contribution in [1.29, 1.82) is 0 Å². The van der Waals surface area contributed by atoms with E-state index in [4.69, 9.17) is 16.1 Å². The molecular formula is C14H11ClN2O3. The lowest BCUT2D eigenvalue weighted by atomic mass is 10.1. The molecule has 0 radical (unpaired) electrons. The summed E-state index contributed by atoms with van der Waals surface area (Å²) < 4.78 is 5.08. The number of para-hydroxylation sites is 1. The first-order chi connectivity index (χ1) is 9.50. The lowest BCUT2D eigenvalue weighted by Gasteiger charge is -2.17. The van der Waals surface area contributed by atoms with Gasteiger partial charge in [0, 0.05) is 5.56 Å². The first-order valence-corrected chi connectivity index (χ1v) is 6.45. The summed E-state index contributed by atoms with van der Waals surface area (Å²) >= 11 is 6.13. The third-order valence-electron chi connectivity index (χ3n) is 3.44. The Bertz CT molecular complexity index is 717. The van der Waals surface area contributed by atoms with Gasteiger partial charge >= 0.3 is 0 Å². The summed E-state index contributed by atoms with van der Waals surface area (Å²) in [7, 11) is 0. The van der Waals surface area contributed by atoms with E-state index in [1.165, 1.54) is 4.90 Å². The number of ketones is 1. The molecule has 2 aromatic rings. The minimum Gasteiger partial charge on any atom is -0.361 e. The number of nitrogens with zero attached hydrogens (tertiary/aromatic N) is 2. The van der Waals surface area contributed by atoms with Gasteiger partial charge in [0.1, 0.15) is 5.76 Å². The van der Waals surface area contributed by atoms with Gasteiger partial charge in [0.25, 0.3) is 11.7 Å². The molecule has 0 fully saturated rings. The van der Waals surface area contributed by atoms with Crippen LogP contribution < -0.4 is 4.90 Å². The van der Waals surface area contributed by atoms with E-state index >= 15 is 0 Å². The molecule has 1 aromatic carbocycles. The summed E-state index contributed by atoms with van der Waals surface area (Å²) in [4.78, 5) is 25.5. The number of fused-ring (bicyclic) bond motifs is 1. The molecule has 0 bridgehead atoms. The van der Waals surface area contributed by atoms with Crippen LogP contribution in [0.2, 0.25) is 5.02 Å². The van der Waals surface area contributed by atoms with Gasteiger partial charge in [-0.3, -0.25) is 14.5 Å². The van der Waals surface area contributed by atoms with Crippen LogP contribution >= 0.6 is 11.6 Å². The largest absolute Gasteiger partial charge is 0.361 e. The van der Waals surface area contributed by atoms with Crippen molar-refractivity contribution in [3.8, 4) is 0 Å². The minimum absolute atomic E-state index is 0.225. The Labute approximate surface area is 120 Å². The van der Waals surface area contributed by atoms with E-state index in [2.05, 4.69) is 5.16 Å². The fraction of sp³-hybridized carbons (Fsp3) is 0.214. The second kappa shape index (κ2) is 4.45. The Morgan fingerprint density at radius 1 is 1.30 bits per heavy atom. The van der Waals surface area contributed by atoms with E-state index in [9.17, 15) is 9.59 Å². The van der Waals surface area contributed by atoms with Crippen molar-refractivity contribution >= 4 is 29.0 Å². The monoisotopic (exact) mass is 290 g/mol. The van der Waals surface area contributed by atoms with E-state index in [0.29, 0.717) is 27.7 Å². The van der Waals surface area contributed by atoms with Crippen LogP contribution in [0, 0.1) is 13.8 Å². The highest BCUT2D eigenvalue weighted by Gasteiger charge is 2.38. The third-order valence-corrected chi connectivity index (χ3v) is 3.74. The Hall–Kier alpha value is -2.14. The quantitative estimate of drug-likeness (QED) is 0.798. The normalized spacial score (nSPS) is 14.1. The molecule has 1 aliphatic rings. The zero-order valence-corrected chi connectivity index (χ0v) is 11.7. The first kappa shape index (κ1) is 12.9. The lowest BCUT2D eigenvalue weighted by Crippen LogP contribution is -2.29. The number of hydrogen-bond acceptors (Lipinski definition) is 4. The average Bonchev–Trinajstić information content (AvgIpc) is 2.86. The van der Waals surface area contributed by atoms with Gasteiger partial charge in [-0.25, -0.2) is 0 Å². The SMILES string of the molecule is Cc1noc(C)c1CN1C(=O)C(=O)c2cccc(Cl)c21. The molecule has 0 unspecified atom stereocenters. The van der Waals surface area contributed by atoms with Crippen molar-refractivity contribution < 1.29 is 14.1 Å². The summed E-state index contributed by atoms with van der Waals surface area (Å²) in [6.07, 6.45) is 0. The predicted octanol–water partition coefficient (Wildman–Crippen LogP) is 2.67. The Morgan fingerprint density at radius 2 is 2.05 bits per heavy atom. The number of aryl methyl sites for hydroxylation is 2. The topological polar surface area (TPSA) is 63.4 Å². The Kier molecular flexibility index (Phi) is 2.87. The molecule has 20 heavy (non-hydrogen) atoms. The fourth-order valence-corrected chi connectivity index (χ4v) is 2.63. The van der Waals surface area contributed by atoms with Gasteiger partial charge < -0.3 is 4.52 Å². The molecule has 0 saturated heterocycles. The third kappa shape index (κ3) is 1.74. The van der Waals surface area contributed by atoms with Crippen LogP contribution in [0.1, 0.15) is 27.4 Å².